The van der Waals surface area contributed by atoms with Crippen LogP contribution in [0.2, 0.25) is 0 Å². The van der Waals surface area contributed by atoms with Crippen LogP contribution < -0.4 is 5.32 Å². The van der Waals surface area contributed by atoms with Gasteiger partial charge in [0, 0.05) is 6.54 Å². The lowest BCUT2D eigenvalue weighted by Gasteiger charge is -2.02. The zero-order valence-corrected chi connectivity index (χ0v) is 8.03. The SMILES string of the molecule is C=CCCCNC(=O)C1CC1C(=O)O. The van der Waals surface area contributed by atoms with Gasteiger partial charge in [-0.25, -0.2) is 0 Å². The first-order valence-electron chi connectivity index (χ1n) is 4.78. The zero-order chi connectivity index (χ0) is 10.6. The quantitative estimate of drug-likeness (QED) is 0.488. The third-order valence-electron chi connectivity index (χ3n) is 2.33. The fourth-order valence-electron chi connectivity index (χ4n) is 1.35. The van der Waals surface area contributed by atoms with E-state index in [1.165, 1.54) is 0 Å². The lowest BCUT2D eigenvalue weighted by atomic mass is 10.2. The molecule has 0 spiro atoms. The summed E-state index contributed by atoms with van der Waals surface area (Å²) in [6, 6.07) is 0. The minimum atomic E-state index is -0.865. The molecule has 1 fully saturated rings. The summed E-state index contributed by atoms with van der Waals surface area (Å²) in [6.45, 7) is 4.17. The highest BCUT2D eigenvalue weighted by molar-refractivity contribution is 5.89. The van der Waals surface area contributed by atoms with Gasteiger partial charge in [-0.2, -0.15) is 0 Å². The molecule has 2 unspecified atom stereocenters. The van der Waals surface area contributed by atoms with Crippen LogP contribution in [0.15, 0.2) is 12.7 Å². The number of carboxylic acids is 1. The second-order valence-corrected chi connectivity index (χ2v) is 3.51. The van der Waals surface area contributed by atoms with Crippen molar-refractivity contribution in [2.75, 3.05) is 6.54 Å². The van der Waals surface area contributed by atoms with Crippen molar-refractivity contribution in [2.45, 2.75) is 19.3 Å². The van der Waals surface area contributed by atoms with Gasteiger partial charge in [0.2, 0.25) is 5.91 Å². The lowest BCUT2D eigenvalue weighted by Crippen LogP contribution is -2.27. The highest BCUT2D eigenvalue weighted by Gasteiger charge is 2.48. The van der Waals surface area contributed by atoms with Gasteiger partial charge in [0.05, 0.1) is 11.8 Å². The Labute approximate surface area is 83.0 Å². The van der Waals surface area contributed by atoms with Gasteiger partial charge in [-0.05, 0) is 19.3 Å². The van der Waals surface area contributed by atoms with Crippen LogP contribution in [0, 0.1) is 11.8 Å². The van der Waals surface area contributed by atoms with E-state index in [1.807, 2.05) is 0 Å². The van der Waals surface area contributed by atoms with E-state index in [0.29, 0.717) is 13.0 Å². The molecule has 2 N–H and O–H groups in total. The fourth-order valence-corrected chi connectivity index (χ4v) is 1.35. The van der Waals surface area contributed by atoms with E-state index in [2.05, 4.69) is 11.9 Å². The minimum absolute atomic E-state index is 0.124. The zero-order valence-electron chi connectivity index (χ0n) is 8.03. The molecule has 0 aliphatic heterocycles. The molecule has 1 amide bonds. The van der Waals surface area contributed by atoms with Crippen LogP contribution in [0.5, 0.6) is 0 Å². The average Bonchev–Trinajstić information content (AvgIpc) is 2.91. The fraction of sp³-hybridized carbons (Fsp3) is 0.600. The second-order valence-electron chi connectivity index (χ2n) is 3.51. The number of hydrogen-bond donors (Lipinski definition) is 2. The number of carbonyl (C=O) groups excluding carboxylic acids is 1. The number of allylic oxidation sites excluding steroid dienone is 1. The largest absolute Gasteiger partial charge is 0.481 e. The summed E-state index contributed by atoms with van der Waals surface area (Å²) in [4.78, 5) is 21.7. The van der Waals surface area contributed by atoms with Crippen LogP contribution in [-0.4, -0.2) is 23.5 Å². The van der Waals surface area contributed by atoms with Gasteiger partial charge < -0.3 is 10.4 Å². The smallest absolute Gasteiger partial charge is 0.307 e. The Balaban J connectivity index is 2.12. The number of nitrogens with one attached hydrogen (secondary N) is 1. The topological polar surface area (TPSA) is 66.4 Å². The van der Waals surface area contributed by atoms with E-state index in [9.17, 15) is 9.59 Å². The van der Waals surface area contributed by atoms with E-state index in [4.69, 9.17) is 5.11 Å². The van der Waals surface area contributed by atoms with Crippen molar-refractivity contribution in [3.05, 3.63) is 12.7 Å². The molecule has 4 heteroatoms. The molecule has 1 rings (SSSR count). The first kappa shape index (κ1) is 10.8. The Morgan fingerprint density at radius 3 is 2.71 bits per heavy atom. The molecule has 2 atom stereocenters. The van der Waals surface area contributed by atoms with Crippen LogP contribution in [0.25, 0.3) is 0 Å². The van der Waals surface area contributed by atoms with Crippen molar-refractivity contribution < 1.29 is 14.7 Å². The predicted octanol–water partition coefficient (Wildman–Crippen LogP) is 0.790. The van der Waals surface area contributed by atoms with Gasteiger partial charge in [0.15, 0.2) is 0 Å². The van der Waals surface area contributed by atoms with E-state index in [-0.39, 0.29) is 11.8 Å². The lowest BCUT2D eigenvalue weighted by molar-refractivity contribution is -0.140. The summed E-state index contributed by atoms with van der Waals surface area (Å²) < 4.78 is 0. The molecule has 78 valence electrons. The highest BCUT2D eigenvalue weighted by Crippen LogP contribution is 2.38. The summed E-state index contributed by atoms with van der Waals surface area (Å²) in [5.41, 5.74) is 0. The summed E-state index contributed by atoms with van der Waals surface area (Å²) in [5.74, 6) is -1.73. The monoisotopic (exact) mass is 197 g/mol. The number of amides is 1. The van der Waals surface area contributed by atoms with E-state index in [0.717, 1.165) is 12.8 Å². The maximum atomic E-state index is 11.3. The van der Waals surface area contributed by atoms with Gasteiger partial charge in [-0.1, -0.05) is 6.08 Å². The van der Waals surface area contributed by atoms with Gasteiger partial charge in [0.1, 0.15) is 0 Å². The Bertz CT molecular complexity index is 250. The van der Waals surface area contributed by atoms with Crippen LogP contribution >= 0.6 is 0 Å². The van der Waals surface area contributed by atoms with E-state index < -0.39 is 11.9 Å². The van der Waals surface area contributed by atoms with Gasteiger partial charge >= 0.3 is 5.97 Å². The third-order valence-corrected chi connectivity index (χ3v) is 2.33. The molecule has 0 bridgehead atoms. The molecule has 0 aromatic carbocycles. The Morgan fingerprint density at radius 1 is 1.50 bits per heavy atom. The maximum absolute atomic E-state index is 11.3. The molecule has 0 saturated heterocycles. The standard InChI is InChI=1S/C10H15NO3/c1-2-3-4-5-11-9(12)7-6-8(7)10(13)14/h2,7-8H,1,3-6H2,(H,11,12)(H,13,14). The third kappa shape index (κ3) is 2.87. The van der Waals surface area contributed by atoms with Crippen LogP contribution in [0.1, 0.15) is 19.3 Å². The van der Waals surface area contributed by atoms with Crippen LogP contribution in [-0.2, 0) is 9.59 Å². The first-order chi connectivity index (χ1) is 6.66. The Morgan fingerprint density at radius 2 is 2.21 bits per heavy atom. The van der Waals surface area contributed by atoms with Crippen molar-refractivity contribution in [1.82, 2.24) is 5.32 Å². The molecule has 0 aromatic heterocycles. The molecule has 0 aromatic rings. The van der Waals surface area contributed by atoms with Crippen LogP contribution in [0.4, 0.5) is 0 Å². The molecular weight excluding hydrogens is 182 g/mol. The first-order valence-corrected chi connectivity index (χ1v) is 4.78. The Hall–Kier alpha value is -1.32. The molecule has 0 radical (unpaired) electrons. The van der Waals surface area contributed by atoms with E-state index in [1.54, 1.807) is 6.08 Å². The van der Waals surface area contributed by atoms with E-state index >= 15 is 0 Å². The number of unbranched alkanes of at least 4 members (excludes halogenated alkanes) is 1. The van der Waals surface area contributed by atoms with Crippen molar-refractivity contribution in [1.29, 1.82) is 0 Å². The van der Waals surface area contributed by atoms with Crippen molar-refractivity contribution in [3.8, 4) is 0 Å². The molecule has 1 aliphatic rings. The van der Waals surface area contributed by atoms with Gasteiger partial charge in [-0.15, -0.1) is 6.58 Å². The molecule has 0 heterocycles. The van der Waals surface area contributed by atoms with Gasteiger partial charge in [0.25, 0.3) is 0 Å². The predicted molar refractivity (Wildman–Crippen MR) is 51.7 cm³/mol. The molecule has 14 heavy (non-hydrogen) atoms. The molecular formula is C10H15NO3. The number of carbonyl (C=O) groups is 2. The van der Waals surface area contributed by atoms with Crippen LogP contribution in [0.3, 0.4) is 0 Å². The maximum Gasteiger partial charge on any atom is 0.307 e. The van der Waals surface area contributed by atoms with Crippen molar-refractivity contribution in [3.63, 3.8) is 0 Å². The molecule has 1 aliphatic carbocycles. The van der Waals surface area contributed by atoms with Gasteiger partial charge in [-0.3, -0.25) is 9.59 Å². The number of carboxylic acid groups (broad SMARTS) is 1. The number of aliphatic carboxylic acids is 1. The van der Waals surface area contributed by atoms with Crippen molar-refractivity contribution >= 4 is 11.9 Å². The number of rotatable bonds is 6. The molecule has 1 saturated carbocycles. The minimum Gasteiger partial charge on any atom is -0.481 e. The summed E-state index contributed by atoms with van der Waals surface area (Å²) in [7, 11) is 0. The number of hydrogen-bond acceptors (Lipinski definition) is 2. The summed E-state index contributed by atoms with van der Waals surface area (Å²) in [6.07, 6.45) is 4.01. The normalized spacial score (nSPS) is 24.0. The highest BCUT2D eigenvalue weighted by atomic mass is 16.4. The second kappa shape index (κ2) is 4.79. The van der Waals surface area contributed by atoms with Crippen molar-refractivity contribution in [2.24, 2.45) is 11.8 Å². The molecule has 4 nitrogen and oxygen atoms in total. The summed E-state index contributed by atoms with van der Waals surface area (Å²) >= 11 is 0. The Kier molecular flexibility index (Phi) is 3.68. The average molecular weight is 197 g/mol. The summed E-state index contributed by atoms with van der Waals surface area (Å²) in [5, 5.41) is 11.3.